The molecule has 2 aliphatic rings. The van der Waals surface area contributed by atoms with Gasteiger partial charge in [-0.3, -0.25) is 4.79 Å². The Balaban J connectivity index is 1.72. The predicted octanol–water partition coefficient (Wildman–Crippen LogP) is 3.83. The monoisotopic (exact) mass is 344 g/mol. The number of thiazole rings is 1. The lowest BCUT2D eigenvalue weighted by Gasteiger charge is -2.31. The van der Waals surface area contributed by atoms with Gasteiger partial charge in [0.2, 0.25) is 0 Å². The van der Waals surface area contributed by atoms with Crippen molar-refractivity contribution < 1.29 is 18.3 Å². The lowest BCUT2D eigenvalue weighted by molar-refractivity contribution is -0.147. The van der Waals surface area contributed by atoms with Crippen LogP contribution in [0.1, 0.15) is 50.1 Å². The molecular weight excluding hydrogens is 322 g/mol. The van der Waals surface area contributed by atoms with Gasteiger partial charge in [0, 0.05) is 37.2 Å². The van der Waals surface area contributed by atoms with Gasteiger partial charge in [-0.05, 0) is 12.8 Å². The van der Waals surface area contributed by atoms with Crippen LogP contribution in [-0.4, -0.2) is 37.1 Å². The minimum Gasteiger partial charge on any atom is -0.469 e. The zero-order chi connectivity index (χ0) is 16.4. The molecule has 0 unspecified atom stereocenters. The standard InChI is InChI=1S/C16H22F2N2O2S/c1-22-14(21)12-5-3-2-4-11(12)13-10-23-15(19-13)20-8-6-16(17,18)7-9-20/h10-12H,2-9H2,1H3/t11-,12-/m1/s1. The summed E-state index contributed by atoms with van der Waals surface area (Å²) in [5.74, 6) is -2.75. The Hall–Kier alpha value is -1.24. The minimum absolute atomic E-state index is 0.0902. The van der Waals surface area contributed by atoms with E-state index in [-0.39, 0.29) is 30.6 Å². The number of nitrogens with zero attached hydrogens (tertiary/aromatic N) is 2. The van der Waals surface area contributed by atoms with Crippen LogP contribution < -0.4 is 4.90 Å². The van der Waals surface area contributed by atoms with Crippen LogP contribution in [0.25, 0.3) is 0 Å². The van der Waals surface area contributed by atoms with E-state index in [1.54, 1.807) is 0 Å². The molecule has 0 amide bonds. The molecule has 2 fully saturated rings. The molecule has 1 aromatic heterocycles. The first-order chi connectivity index (χ1) is 11.0. The minimum atomic E-state index is -2.55. The van der Waals surface area contributed by atoms with Gasteiger partial charge >= 0.3 is 5.97 Å². The zero-order valence-electron chi connectivity index (χ0n) is 13.3. The van der Waals surface area contributed by atoms with Gasteiger partial charge in [0.25, 0.3) is 5.92 Å². The fourth-order valence-corrected chi connectivity index (χ4v) is 4.48. The molecule has 1 aromatic rings. The molecule has 0 N–H and O–H groups in total. The lowest BCUT2D eigenvalue weighted by atomic mass is 9.78. The maximum atomic E-state index is 13.3. The lowest BCUT2D eigenvalue weighted by Crippen LogP contribution is -2.39. The first-order valence-corrected chi connectivity index (χ1v) is 9.04. The number of anilines is 1. The Kier molecular flexibility index (Phi) is 4.85. The first kappa shape index (κ1) is 16.6. The van der Waals surface area contributed by atoms with Crippen LogP contribution in [0.15, 0.2) is 5.38 Å². The molecule has 2 atom stereocenters. The Morgan fingerprint density at radius 2 is 2.04 bits per heavy atom. The van der Waals surface area contributed by atoms with Crippen molar-refractivity contribution in [2.24, 2.45) is 5.92 Å². The van der Waals surface area contributed by atoms with E-state index >= 15 is 0 Å². The Labute approximate surface area is 138 Å². The predicted molar refractivity (Wildman–Crippen MR) is 85.2 cm³/mol. The second kappa shape index (κ2) is 6.71. The molecule has 0 bridgehead atoms. The van der Waals surface area contributed by atoms with Gasteiger partial charge in [0.1, 0.15) is 0 Å². The highest BCUT2D eigenvalue weighted by Gasteiger charge is 2.37. The summed E-state index contributed by atoms with van der Waals surface area (Å²) in [6, 6.07) is 0. The summed E-state index contributed by atoms with van der Waals surface area (Å²) >= 11 is 1.49. The third-order valence-corrected chi connectivity index (χ3v) is 5.84. The van der Waals surface area contributed by atoms with E-state index in [9.17, 15) is 13.6 Å². The number of carbonyl (C=O) groups is 1. The molecular formula is C16H22F2N2O2S. The second-order valence-corrected chi connectivity index (χ2v) is 7.26. The van der Waals surface area contributed by atoms with Crippen molar-refractivity contribution in [1.29, 1.82) is 0 Å². The fourth-order valence-electron chi connectivity index (χ4n) is 3.54. The number of ether oxygens (including phenoxy) is 1. The molecule has 4 nitrogen and oxygen atoms in total. The zero-order valence-corrected chi connectivity index (χ0v) is 14.1. The van der Waals surface area contributed by atoms with Gasteiger partial charge in [-0.15, -0.1) is 11.3 Å². The summed E-state index contributed by atoms with van der Waals surface area (Å²) in [5.41, 5.74) is 0.914. The average molecular weight is 344 g/mol. The molecule has 0 spiro atoms. The van der Waals surface area contributed by atoms with Crippen LogP contribution in [0.5, 0.6) is 0 Å². The summed E-state index contributed by atoms with van der Waals surface area (Å²) in [6.45, 7) is 0.677. The molecule has 128 valence electrons. The Bertz CT molecular complexity index is 554. The van der Waals surface area contributed by atoms with Gasteiger partial charge in [-0.25, -0.2) is 13.8 Å². The van der Waals surface area contributed by atoms with Crippen molar-refractivity contribution in [2.75, 3.05) is 25.1 Å². The van der Waals surface area contributed by atoms with Crippen molar-refractivity contribution in [3.8, 4) is 0 Å². The maximum Gasteiger partial charge on any atom is 0.309 e. The molecule has 0 radical (unpaired) electrons. The molecule has 1 aliphatic carbocycles. The maximum absolute atomic E-state index is 13.3. The second-order valence-electron chi connectivity index (χ2n) is 6.42. The smallest absolute Gasteiger partial charge is 0.309 e. The van der Waals surface area contributed by atoms with E-state index in [1.807, 2.05) is 10.3 Å². The number of halogens is 2. The number of carbonyl (C=O) groups excluding carboxylic acids is 1. The fraction of sp³-hybridized carbons (Fsp3) is 0.750. The molecule has 2 heterocycles. The molecule has 1 saturated heterocycles. The first-order valence-electron chi connectivity index (χ1n) is 8.16. The number of alkyl halides is 2. The summed E-state index contributed by atoms with van der Waals surface area (Å²) in [5, 5.41) is 2.78. The molecule has 1 saturated carbocycles. The van der Waals surface area contributed by atoms with Crippen molar-refractivity contribution >= 4 is 22.4 Å². The molecule has 23 heavy (non-hydrogen) atoms. The number of hydrogen-bond acceptors (Lipinski definition) is 5. The summed E-state index contributed by atoms with van der Waals surface area (Å²) in [7, 11) is 1.42. The molecule has 3 rings (SSSR count). The van der Waals surface area contributed by atoms with Crippen molar-refractivity contribution in [3.05, 3.63) is 11.1 Å². The number of piperidine rings is 1. The van der Waals surface area contributed by atoms with Crippen LogP contribution in [0.3, 0.4) is 0 Å². The molecule has 1 aliphatic heterocycles. The highest BCUT2D eigenvalue weighted by Crippen LogP contribution is 2.40. The highest BCUT2D eigenvalue weighted by molar-refractivity contribution is 7.13. The van der Waals surface area contributed by atoms with Gasteiger partial charge in [-0.2, -0.15) is 0 Å². The van der Waals surface area contributed by atoms with Crippen LogP contribution in [0.4, 0.5) is 13.9 Å². The Morgan fingerprint density at radius 3 is 2.74 bits per heavy atom. The van der Waals surface area contributed by atoms with E-state index in [1.165, 1.54) is 18.4 Å². The number of rotatable bonds is 3. The van der Waals surface area contributed by atoms with Crippen molar-refractivity contribution in [1.82, 2.24) is 4.98 Å². The van der Waals surface area contributed by atoms with E-state index in [2.05, 4.69) is 4.98 Å². The largest absolute Gasteiger partial charge is 0.469 e. The Morgan fingerprint density at radius 1 is 1.35 bits per heavy atom. The number of hydrogen-bond donors (Lipinski definition) is 0. The quantitative estimate of drug-likeness (QED) is 0.782. The van der Waals surface area contributed by atoms with Gasteiger partial charge in [-0.1, -0.05) is 12.8 Å². The molecule has 7 heteroatoms. The SMILES string of the molecule is COC(=O)[C@@H]1CCCC[C@H]1c1csc(N2CCC(F)(F)CC2)n1. The molecule has 0 aromatic carbocycles. The van der Waals surface area contributed by atoms with Crippen LogP contribution >= 0.6 is 11.3 Å². The van der Waals surface area contributed by atoms with Crippen LogP contribution in [0.2, 0.25) is 0 Å². The van der Waals surface area contributed by atoms with E-state index < -0.39 is 5.92 Å². The third-order valence-electron chi connectivity index (χ3n) is 4.93. The van der Waals surface area contributed by atoms with Crippen LogP contribution in [0, 0.1) is 5.92 Å². The van der Waals surface area contributed by atoms with Crippen molar-refractivity contribution in [3.63, 3.8) is 0 Å². The van der Waals surface area contributed by atoms with E-state index in [4.69, 9.17) is 4.74 Å². The normalized spacial score (nSPS) is 27.7. The van der Waals surface area contributed by atoms with Crippen LogP contribution in [-0.2, 0) is 9.53 Å². The van der Waals surface area contributed by atoms with Gasteiger partial charge < -0.3 is 9.64 Å². The van der Waals surface area contributed by atoms with E-state index in [0.717, 1.165) is 36.5 Å². The van der Waals surface area contributed by atoms with E-state index in [0.29, 0.717) is 13.1 Å². The third kappa shape index (κ3) is 3.65. The number of esters is 1. The van der Waals surface area contributed by atoms with Crippen molar-refractivity contribution in [2.45, 2.75) is 50.4 Å². The summed E-state index contributed by atoms with van der Waals surface area (Å²) < 4.78 is 31.5. The van der Waals surface area contributed by atoms with Gasteiger partial charge in [0.05, 0.1) is 18.7 Å². The van der Waals surface area contributed by atoms with Gasteiger partial charge in [0.15, 0.2) is 5.13 Å². The summed E-state index contributed by atoms with van der Waals surface area (Å²) in [6.07, 6.45) is 3.66. The number of aromatic nitrogens is 1. The summed E-state index contributed by atoms with van der Waals surface area (Å²) in [4.78, 5) is 18.6. The highest BCUT2D eigenvalue weighted by atomic mass is 32.1. The topological polar surface area (TPSA) is 42.4 Å². The number of methoxy groups -OCH3 is 1. The average Bonchev–Trinajstić information content (AvgIpc) is 3.04.